The van der Waals surface area contributed by atoms with Crippen LogP contribution in [0.2, 0.25) is 0 Å². The van der Waals surface area contributed by atoms with Crippen molar-refractivity contribution in [1.29, 1.82) is 0 Å². The van der Waals surface area contributed by atoms with Gasteiger partial charge >= 0.3 is 5.97 Å². The van der Waals surface area contributed by atoms with Crippen LogP contribution in [0.4, 0.5) is 0 Å². The lowest BCUT2D eigenvalue weighted by molar-refractivity contribution is -0.143. The molecule has 3 heteroatoms. The topological polar surface area (TPSA) is 38.3 Å². The van der Waals surface area contributed by atoms with Crippen LogP contribution < -0.4 is 5.32 Å². The quantitative estimate of drug-likeness (QED) is 0.462. The van der Waals surface area contributed by atoms with Gasteiger partial charge in [0, 0.05) is 0 Å². The smallest absolute Gasteiger partial charge is 0.322 e. The van der Waals surface area contributed by atoms with Gasteiger partial charge in [-0.05, 0) is 13.0 Å². The van der Waals surface area contributed by atoms with E-state index in [2.05, 4.69) is 12.2 Å². The molecule has 0 spiro atoms. The zero-order valence-corrected chi connectivity index (χ0v) is 11.1. The minimum Gasteiger partial charge on any atom is -0.468 e. The summed E-state index contributed by atoms with van der Waals surface area (Å²) in [5.41, 5.74) is 0. The van der Waals surface area contributed by atoms with Crippen molar-refractivity contribution >= 4 is 5.97 Å². The van der Waals surface area contributed by atoms with Gasteiger partial charge in [0.1, 0.15) is 6.04 Å². The van der Waals surface area contributed by atoms with Gasteiger partial charge in [-0.2, -0.15) is 0 Å². The number of carbonyl (C=O) groups excluding carboxylic acids is 1. The fourth-order valence-corrected chi connectivity index (χ4v) is 1.82. The number of methoxy groups -OCH3 is 1. The van der Waals surface area contributed by atoms with E-state index in [0.29, 0.717) is 0 Å². The Labute approximate surface area is 99.9 Å². The molecule has 96 valence electrons. The van der Waals surface area contributed by atoms with Gasteiger partial charge in [0.2, 0.25) is 0 Å². The Kier molecular flexibility index (Phi) is 10.5. The third-order valence-corrected chi connectivity index (χ3v) is 2.78. The number of likely N-dealkylation sites (N-methyl/N-ethyl adjacent to an activating group) is 1. The summed E-state index contributed by atoms with van der Waals surface area (Å²) in [7, 11) is 1.45. The van der Waals surface area contributed by atoms with Crippen LogP contribution in [0.3, 0.4) is 0 Å². The van der Waals surface area contributed by atoms with E-state index >= 15 is 0 Å². The van der Waals surface area contributed by atoms with Gasteiger partial charge in [0.25, 0.3) is 0 Å². The van der Waals surface area contributed by atoms with E-state index in [1.807, 2.05) is 6.92 Å². The highest BCUT2D eigenvalue weighted by Gasteiger charge is 2.16. The number of unbranched alkanes of at least 4 members (excludes halogenated alkanes) is 5. The third-order valence-electron chi connectivity index (χ3n) is 2.78. The SMILES string of the molecule is CCCCCCCCC(NCC)C(=O)OC. The summed E-state index contributed by atoms with van der Waals surface area (Å²) in [6, 6.07) is -0.110. The van der Waals surface area contributed by atoms with E-state index in [0.717, 1.165) is 19.4 Å². The van der Waals surface area contributed by atoms with Crippen LogP contribution in [-0.2, 0) is 9.53 Å². The molecule has 0 saturated carbocycles. The Morgan fingerprint density at radius 3 is 2.31 bits per heavy atom. The van der Waals surface area contributed by atoms with Crippen LogP contribution >= 0.6 is 0 Å². The van der Waals surface area contributed by atoms with Crippen molar-refractivity contribution in [1.82, 2.24) is 5.32 Å². The highest BCUT2D eigenvalue weighted by Crippen LogP contribution is 2.09. The zero-order valence-electron chi connectivity index (χ0n) is 11.1. The molecule has 0 aromatic rings. The maximum absolute atomic E-state index is 11.4. The van der Waals surface area contributed by atoms with Crippen LogP contribution in [0.25, 0.3) is 0 Å². The Bertz CT molecular complexity index is 171. The molecule has 0 bridgehead atoms. The Balaban J connectivity index is 3.56. The number of nitrogens with one attached hydrogen (secondary N) is 1. The standard InChI is InChI=1S/C13H27NO2/c1-4-6-7-8-9-10-11-12(14-5-2)13(15)16-3/h12,14H,4-11H2,1-3H3. The number of esters is 1. The molecule has 0 rings (SSSR count). The summed E-state index contributed by atoms with van der Waals surface area (Å²) in [6.45, 7) is 5.05. The fraction of sp³-hybridized carbons (Fsp3) is 0.923. The molecule has 0 radical (unpaired) electrons. The molecular formula is C13H27NO2. The lowest BCUT2D eigenvalue weighted by atomic mass is 10.1. The summed E-state index contributed by atoms with van der Waals surface area (Å²) in [5.74, 6) is -0.129. The summed E-state index contributed by atoms with van der Waals surface area (Å²) in [5, 5.41) is 3.16. The molecule has 16 heavy (non-hydrogen) atoms. The van der Waals surface area contributed by atoms with Crippen molar-refractivity contribution in [2.24, 2.45) is 0 Å². The first-order valence-electron chi connectivity index (χ1n) is 6.57. The molecule has 3 nitrogen and oxygen atoms in total. The van der Waals surface area contributed by atoms with Crippen molar-refractivity contribution in [3.63, 3.8) is 0 Å². The molecule has 0 amide bonds. The predicted molar refractivity (Wildman–Crippen MR) is 67.5 cm³/mol. The first-order valence-corrected chi connectivity index (χ1v) is 6.57. The van der Waals surface area contributed by atoms with Gasteiger partial charge in [0.05, 0.1) is 7.11 Å². The van der Waals surface area contributed by atoms with Gasteiger partial charge in [-0.3, -0.25) is 4.79 Å². The molecule has 0 aromatic heterocycles. The lowest BCUT2D eigenvalue weighted by Gasteiger charge is -2.14. The third kappa shape index (κ3) is 7.69. The van der Waals surface area contributed by atoms with Crippen LogP contribution in [0, 0.1) is 0 Å². The second kappa shape index (κ2) is 10.9. The zero-order chi connectivity index (χ0) is 12.2. The maximum atomic E-state index is 11.4. The van der Waals surface area contributed by atoms with E-state index in [1.165, 1.54) is 39.2 Å². The van der Waals surface area contributed by atoms with E-state index < -0.39 is 0 Å². The molecule has 0 aliphatic heterocycles. The minimum absolute atomic E-state index is 0.110. The van der Waals surface area contributed by atoms with E-state index in [1.54, 1.807) is 0 Å². The number of hydrogen-bond donors (Lipinski definition) is 1. The first kappa shape index (κ1) is 15.4. The molecule has 0 fully saturated rings. The van der Waals surface area contributed by atoms with Gasteiger partial charge in [0.15, 0.2) is 0 Å². The van der Waals surface area contributed by atoms with Gasteiger partial charge in [-0.15, -0.1) is 0 Å². The molecule has 0 heterocycles. The van der Waals surface area contributed by atoms with Gasteiger partial charge in [-0.1, -0.05) is 52.4 Å². The predicted octanol–water partition coefficient (Wildman–Crippen LogP) is 2.89. The van der Waals surface area contributed by atoms with E-state index in [-0.39, 0.29) is 12.0 Å². The number of hydrogen-bond acceptors (Lipinski definition) is 3. The summed E-state index contributed by atoms with van der Waals surface area (Å²) >= 11 is 0. The Morgan fingerprint density at radius 1 is 1.12 bits per heavy atom. The van der Waals surface area contributed by atoms with Crippen LogP contribution in [0.5, 0.6) is 0 Å². The van der Waals surface area contributed by atoms with E-state index in [4.69, 9.17) is 4.74 Å². The van der Waals surface area contributed by atoms with Crippen LogP contribution in [0.15, 0.2) is 0 Å². The van der Waals surface area contributed by atoms with Crippen molar-refractivity contribution in [2.75, 3.05) is 13.7 Å². The maximum Gasteiger partial charge on any atom is 0.322 e. The Morgan fingerprint density at radius 2 is 1.75 bits per heavy atom. The highest BCUT2D eigenvalue weighted by atomic mass is 16.5. The summed E-state index contributed by atoms with van der Waals surface area (Å²) in [6.07, 6.45) is 8.44. The monoisotopic (exact) mass is 229 g/mol. The second-order valence-corrected chi connectivity index (χ2v) is 4.19. The number of carbonyl (C=O) groups is 1. The number of rotatable bonds is 10. The molecular weight excluding hydrogens is 202 g/mol. The first-order chi connectivity index (χ1) is 7.76. The summed E-state index contributed by atoms with van der Waals surface area (Å²) < 4.78 is 4.76. The average molecular weight is 229 g/mol. The van der Waals surface area contributed by atoms with Crippen molar-refractivity contribution < 1.29 is 9.53 Å². The minimum atomic E-state index is -0.129. The molecule has 0 saturated heterocycles. The number of ether oxygens (including phenoxy) is 1. The largest absolute Gasteiger partial charge is 0.468 e. The normalized spacial score (nSPS) is 12.4. The highest BCUT2D eigenvalue weighted by molar-refractivity contribution is 5.75. The van der Waals surface area contributed by atoms with Crippen molar-refractivity contribution in [3.05, 3.63) is 0 Å². The van der Waals surface area contributed by atoms with E-state index in [9.17, 15) is 4.79 Å². The fourth-order valence-electron chi connectivity index (χ4n) is 1.82. The van der Waals surface area contributed by atoms with Crippen LogP contribution in [0.1, 0.15) is 58.8 Å². The van der Waals surface area contributed by atoms with Crippen molar-refractivity contribution in [2.45, 2.75) is 64.8 Å². The van der Waals surface area contributed by atoms with Gasteiger partial charge < -0.3 is 10.1 Å². The molecule has 1 N–H and O–H groups in total. The Hall–Kier alpha value is -0.570. The molecule has 1 unspecified atom stereocenters. The molecule has 0 aliphatic rings. The molecule has 0 aliphatic carbocycles. The van der Waals surface area contributed by atoms with Crippen molar-refractivity contribution in [3.8, 4) is 0 Å². The molecule has 0 aromatic carbocycles. The lowest BCUT2D eigenvalue weighted by Crippen LogP contribution is -2.37. The summed E-state index contributed by atoms with van der Waals surface area (Å²) in [4.78, 5) is 11.4. The molecule has 1 atom stereocenters. The van der Waals surface area contributed by atoms with Gasteiger partial charge in [-0.25, -0.2) is 0 Å². The second-order valence-electron chi connectivity index (χ2n) is 4.19. The average Bonchev–Trinajstić information content (AvgIpc) is 2.31. The van der Waals surface area contributed by atoms with Crippen LogP contribution in [-0.4, -0.2) is 25.7 Å².